The molecule has 0 aliphatic rings. The summed E-state index contributed by atoms with van der Waals surface area (Å²) in [5.41, 5.74) is 1.31. The van der Waals surface area contributed by atoms with Crippen LogP contribution in [0.4, 0.5) is 0 Å². The second kappa shape index (κ2) is 4.21. The second-order valence-corrected chi connectivity index (χ2v) is 3.45. The number of hydrogen-bond donors (Lipinski definition) is 0. The summed E-state index contributed by atoms with van der Waals surface area (Å²) < 4.78 is 0. The Bertz CT molecular complexity index is 219. The zero-order valence-corrected chi connectivity index (χ0v) is 7.99. The standard InChI is InChI=1S/C10H16N2/c1-9(8-12(2)3)10-5-4-6-11-7-10/h4-7,9H,8H2,1-3H3. The Kier molecular flexibility index (Phi) is 3.23. The predicted molar refractivity (Wildman–Crippen MR) is 51.2 cm³/mol. The van der Waals surface area contributed by atoms with Gasteiger partial charge >= 0.3 is 0 Å². The van der Waals surface area contributed by atoms with Gasteiger partial charge in [0, 0.05) is 18.9 Å². The Balaban J connectivity index is 2.59. The first-order valence-corrected chi connectivity index (χ1v) is 4.25. The first-order valence-electron chi connectivity index (χ1n) is 4.25. The van der Waals surface area contributed by atoms with Crippen molar-refractivity contribution in [3.8, 4) is 0 Å². The normalized spacial score (nSPS) is 13.3. The minimum Gasteiger partial charge on any atom is -0.309 e. The van der Waals surface area contributed by atoms with Gasteiger partial charge in [-0.2, -0.15) is 0 Å². The molecule has 0 bridgehead atoms. The van der Waals surface area contributed by atoms with Crippen molar-refractivity contribution in [3.05, 3.63) is 30.1 Å². The number of nitrogens with zero attached hydrogens (tertiary/aromatic N) is 2. The van der Waals surface area contributed by atoms with E-state index in [0.29, 0.717) is 5.92 Å². The van der Waals surface area contributed by atoms with E-state index in [9.17, 15) is 0 Å². The van der Waals surface area contributed by atoms with Crippen LogP contribution in [0.15, 0.2) is 24.5 Å². The van der Waals surface area contributed by atoms with E-state index in [0.717, 1.165) is 6.54 Å². The highest BCUT2D eigenvalue weighted by Gasteiger charge is 2.05. The van der Waals surface area contributed by atoms with Crippen molar-refractivity contribution >= 4 is 0 Å². The molecule has 2 nitrogen and oxygen atoms in total. The molecule has 0 spiro atoms. The van der Waals surface area contributed by atoms with E-state index < -0.39 is 0 Å². The highest BCUT2D eigenvalue weighted by Crippen LogP contribution is 2.13. The van der Waals surface area contributed by atoms with Crippen molar-refractivity contribution in [1.82, 2.24) is 9.88 Å². The van der Waals surface area contributed by atoms with Crippen LogP contribution in [0.25, 0.3) is 0 Å². The van der Waals surface area contributed by atoms with Gasteiger partial charge in [-0.05, 0) is 31.6 Å². The van der Waals surface area contributed by atoms with E-state index in [-0.39, 0.29) is 0 Å². The fourth-order valence-corrected chi connectivity index (χ4v) is 1.32. The van der Waals surface area contributed by atoms with Gasteiger partial charge in [-0.3, -0.25) is 4.98 Å². The molecule has 12 heavy (non-hydrogen) atoms. The van der Waals surface area contributed by atoms with Gasteiger partial charge in [0.2, 0.25) is 0 Å². The Morgan fingerprint density at radius 3 is 2.75 bits per heavy atom. The van der Waals surface area contributed by atoms with Gasteiger partial charge < -0.3 is 4.90 Å². The third-order valence-electron chi connectivity index (χ3n) is 1.89. The fourth-order valence-electron chi connectivity index (χ4n) is 1.32. The Hall–Kier alpha value is -0.890. The SMILES string of the molecule is CC(CN(C)C)c1cccnc1. The van der Waals surface area contributed by atoms with Crippen LogP contribution in [0.1, 0.15) is 18.4 Å². The Morgan fingerprint density at radius 1 is 1.50 bits per heavy atom. The number of hydrogen-bond acceptors (Lipinski definition) is 2. The topological polar surface area (TPSA) is 16.1 Å². The zero-order valence-electron chi connectivity index (χ0n) is 7.99. The first kappa shape index (κ1) is 9.20. The maximum absolute atomic E-state index is 4.09. The van der Waals surface area contributed by atoms with Crippen molar-refractivity contribution in [2.45, 2.75) is 12.8 Å². The molecule has 1 aromatic heterocycles. The second-order valence-electron chi connectivity index (χ2n) is 3.45. The smallest absolute Gasteiger partial charge is 0.0303 e. The number of likely N-dealkylation sites (N-methyl/N-ethyl adjacent to an activating group) is 1. The van der Waals surface area contributed by atoms with Crippen molar-refractivity contribution in [2.24, 2.45) is 0 Å². The molecular formula is C10H16N2. The molecule has 0 aliphatic heterocycles. The average molecular weight is 164 g/mol. The highest BCUT2D eigenvalue weighted by atomic mass is 15.1. The van der Waals surface area contributed by atoms with Gasteiger partial charge in [0.05, 0.1) is 0 Å². The lowest BCUT2D eigenvalue weighted by molar-refractivity contribution is 0.383. The van der Waals surface area contributed by atoms with Gasteiger partial charge in [-0.25, -0.2) is 0 Å². The maximum Gasteiger partial charge on any atom is 0.0303 e. The quantitative estimate of drug-likeness (QED) is 0.676. The van der Waals surface area contributed by atoms with Crippen molar-refractivity contribution in [3.63, 3.8) is 0 Å². The van der Waals surface area contributed by atoms with Crippen LogP contribution in [0.2, 0.25) is 0 Å². The van der Waals surface area contributed by atoms with Crippen LogP contribution in [0.3, 0.4) is 0 Å². The maximum atomic E-state index is 4.09. The lowest BCUT2D eigenvalue weighted by atomic mass is 10.0. The molecule has 0 fully saturated rings. The number of rotatable bonds is 3. The van der Waals surface area contributed by atoms with Crippen LogP contribution in [-0.4, -0.2) is 30.5 Å². The summed E-state index contributed by atoms with van der Waals surface area (Å²) in [6.07, 6.45) is 3.75. The Labute approximate surface area is 74.2 Å². The minimum atomic E-state index is 0.564. The van der Waals surface area contributed by atoms with Gasteiger partial charge in [0.15, 0.2) is 0 Å². The molecule has 1 atom stereocenters. The minimum absolute atomic E-state index is 0.564. The van der Waals surface area contributed by atoms with Crippen LogP contribution in [0, 0.1) is 0 Å². The van der Waals surface area contributed by atoms with Gasteiger partial charge in [0.1, 0.15) is 0 Å². The molecule has 1 heterocycles. The van der Waals surface area contributed by atoms with Crippen LogP contribution in [0.5, 0.6) is 0 Å². The Morgan fingerprint density at radius 2 is 2.25 bits per heavy atom. The molecular weight excluding hydrogens is 148 g/mol. The molecule has 66 valence electrons. The summed E-state index contributed by atoms with van der Waals surface area (Å²) in [5.74, 6) is 0.564. The summed E-state index contributed by atoms with van der Waals surface area (Å²) in [4.78, 5) is 6.29. The summed E-state index contributed by atoms with van der Waals surface area (Å²) >= 11 is 0. The zero-order chi connectivity index (χ0) is 8.97. The molecule has 0 amide bonds. The van der Waals surface area contributed by atoms with Crippen molar-refractivity contribution < 1.29 is 0 Å². The summed E-state index contributed by atoms with van der Waals surface area (Å²) in [5, 5.41) is 0. The third kappa shape index (κ3) is 2.62. The van der Waals surface area contributed by atoms with E-state index in [2.05, 4.69) is 37.0 Å². The molecule has 1 rings (SSSR count). The van der Waals surface area contributed by atoms with Crippen molar-refractivity contribution in [1.29, 1.82) is 0 Å². The van der Waals surface area contributed by atoms with Gasteiger partial charge in [0.25, 0.3) is 0 Å². The monoisotopic (exact) mass is 164 g/mol. The average Bonchev–Trinajstić information content (AvgIpc) is 2.05. The molecule has 0 saturated heterocycles. The van der Waals surface area contributed by atoms with Crippen LogP contribution in [-0.2, 0) is 0 Å². The lowest BCUT2D eigenvalue weighted by Crippen LogP contribution is -2.18. The molecule has 0 aromatic carbocycles. The van der Waals surface area contributed by atoms with E-state index in [1.54, 1.807) is 0 Å². The molecule has 0 N–H and O–H groups in total. The molecule has 0 saturated carbocycles. The molecule has 0 radical (unpaired) electrons. The molecule has 2 heteroatoms. The molecule has 1 aromatic rings. The number of aromatic nitrogens is 1. The lowest BCUT2D eigenvalue weighted by Gasteiger charge is -2.16. The number of pyridine rings is 1. The predicted octanol–water partition coefficient (Wildman–Crippen LogP) is 1.75. The molecule has 0 aliphatic carbocycles. The summed E-state index contributed by atoms with van der Waals surface area (Å²) in [6, 6.07) is 4.11. The van der Waals surface area contributed by atoms with E-state index in [1.165, 1.54) is 5.56 Å². The van der Waals surface area contributed by atoms with E-state index in [1.807, 2.05) is 18.5 Å². The summed E-state index contributed by atoms with van der Waals surface area (Å²) in [7, 11) is 4.18. The highest BCUT2D eigenvalue weighted by molar-refractivity contribution is 5.13. The third-order valence-corrected chi connectivity index (χ3v) is 1.89. The first-order chi connectivity index (χ1) is 5.70. The van der Waals surface area contributed by atoms with Crippen LogP contribution < -0.4 is 0 Å². The van der Waals surface area contributed by atoms with E-state index in [4.69, 9.17) is 0 Å². The van der Waals surface area contributed by atoms with Crippen LogP contribution >= 0.6 is 0 Å². The largest absolute Gasteiger partial charge is 0.309 e. The fraction of sp³-hybridized carbons (Fsp3) is 0.500. The summed E-state index contributed by atoms with van der Waals surface area (Å²) in [6.45, 7) is 3.29. The van der Waals surface area contributed by atoms with E-state index >= 15 is 0 Å². The van der Waals surface area contributed by atoms with Gasteiger partial charge in [-0.1, -0.05) is 13.0 Å². The molecule has 1 unspecified atom stereocenters. The van der Waals surface area contributed by atoms with Gasteiger partial charge in [-0.15, -0.1) is 0 Å². The van der Waals surface area contributed by atoms with Crippen molar-refractivity contribution in [2.75, 3.05) is 20.6 Å².